The lowest BCUT2D eigenvalue weighted by Gasteiger charge is -2.17. The van der Waals surface area contributed by atoms with E-state index in [1.807, 2.05) is 19.1 Å². The molecule has 2 N–H and O–H groups in total. The molecule has 1 atom stereocenters. The van der Waals surface area contributed by atoms with Gasteiger partial charge >= 0.3 is 11.6 Å². The van der Waals surface area contributed by atoms with E-state index in [0.717, 1.165) is 36.6 Å². The summed E-state index contributed by atoms with van der Waals surface area (Å²) in [7, 11) is 0. The second kappa shape index (κ2) is 11.4. The number of aliphatic carboxylic acids is 1. The Morgan fingerprint density at radius 3 is 2.67 bits per heavy atom. The number of carbonyl (C=O) groups excluding carboxylic acids is 1. The van der Waals surface area contributed by atoms with Crippen LogP contribution in [0, 0.1) is 6.92 Å². The number of hydrogen-bond donors (Lipinski definition) is 2. The van der Waals surface area contributed by atoms with Crippen molar-refractivity contribution in [1.29, 1.82) is 0 Å². The molecule has 7 nitrogen and oxygen atoms in total. The van der Waals surface area contributed by atoms with E-state index in [-0.39, 0.29) is 18.0 Å². The number of fused-ring (bicyclic) bond motifs is 1. The predicted molar refractivity (Wildman–Crippen MR) is 115 cm³/mol. The maximum atomic E-state index is 12.3. The van der Waals surface area contributed by atoms with Crippen molar-refractivity contribution in [2.75, 3.05) is 6.54 Å². The molecule has 0 saturated carbocycles. The normalized spacial score (nSPS) is 12.0. The quantitative estimate of drug-likeness (QED) is 0.400. The molecule has 0 spiro atoms. The fourth-order valence-electron chi connectivity index (χ4n) is 3.29. The Morgan fingerprint density at radius 1 is 1.20 bits per heavy atom. The summed E-state index contributed by atoms with van der Waals surface area (Å²) in [5.74, 6) is -0.548. The number of carboxylic acids is 1. The number of benzene rings is 1. The van der Waals surface area contributed by atoms with Crippen LogP contribution >= 0.6 is 0 Å². The van der Waals surface area contributed by atoms with Crippen molar-refractivity contribution >= 4 is 22.8 Å². The summed E-state index contributed by atoms with van der Waals surface area (Å²) in [6, 6.07) is 5.23. The number of aryl methyl sites for hydroxylation is 2. The van der Waals surface area contributed by atoms with Crippen LogP contribution in [-0.2, 0) is 16.0 Å². The van der Waals surface area contributed by atoms with Crippen LogP contribution in [0.5, 0.6) is 5.75 Å². The topological polar surface area (TPSA) is 106 Å². The molecule has 164 valence electrons. The number of carbonyl (C=O) groups is 2. The monoisotopic (exact) mass is 417 g/mol. The van der Waals surface area contributed by atoms with Crippen LogP contribution in [0.25, 0.3) is 11.0 Å². The van der Waals surface area contributed by atoms with E-state index in [1.54, 1.807) is 13.0 Å². The van der Waals surface area contributed by atoms with Crippen LogP contribution in [0.15, 0.2) is 27.4 Å². The Morgan fingerprint density at radius 2 is 1.97 bits per heavy atom. The second-order valence-electron chi connectivity index (χ2n) is 7.52. The summed E-state index contributed by atoms with van der Waals surface area (Å²) in [6.45, 7) is 6.06. The first kappa shape index (κ1) is 23.4. The molecule has 1 aromatic heterocycles. The SMILES string of the molecule is CCCCc1cc(=O)oc2c(C)c(O[C@@H](C)C(=O)NCCCCCC(=O)O)ccc12. The fourth-order valence-corrected chi connectivity index (χ4v) is 3.29. The van der Waals surface area contributed by atoms with Gasteiger partial charge in [0.05, 0.1) is 0 Å². The summed E-state index contributed by atoms with van der Waals surface area (Å²) >= 11 is 0. The summed E-state index contributed by atoms with van der Waals surface area (Å²) in [4.78, 5) is 34.8. The Balaban J connectivity index is 2.01. The minimum absolute atomic E-state index is 0.144. The molecular formula is C23H31NO6. The molecule has 0 fully saturated rings. The molecule has 0 radical (unpaired) electrons. The molecule has 30 heavy (non-hydrogen) atoms. The maximum absolute atomic E-state index is 12.3. The van der Waals surface area contributed by atoms with Crippen molar-refractivity contribution in [2.45, 2.75) is 71.8 Å². The highest BCUT2D eigenvalue weighted by molar-refractivity contribution is 5.85. The van der Waals surface area contributed by atoms with E-state index in [9.17, 15) is 14.4 Å². The van der Waals surface area contributed by atoms with E-state index in [1.165, 1.54) is 0 Å². The molecule has 0 aliphatic carbocycles. The van der Waals surface area contributed by atoms with Crippen LogP contribution in [0.2, 0.25) is 0 Å². The number of ether oxygens (including phenoxy) is 1. The molecular weight excluding hydrogens is 386 g/mol. The van der Waals surface area contributed by atoms with E-state index < -0.39 is 12.1 Å². The number of carboxylic acid groups (broad SMARTS) is 1. The largest absolute Gasteiger partial charge is 0.481 e. The Labute approximate surface area is 176 Å². The van der Waals surface area contributed by atoms with Crippen LogP contribution in [-0.4, -0.2) is 29.6 Å². The minimum Gasteiger partial charge on any atom is -0.481 e. The van der Waals surface area contributed by atoms with E-state index in [0.29, 0.717) is 36.3 Å². The average Bonchev–Trinajstić information content (AvgIpc) is 2.70. The highest BCUT2D eigenvalue weighted by Crippen LogP contribution is 2.29. The van der Waals surface area contributed by atoms with Crippen molar-refractivity contribution in [3.63, 3.8) is 0 Å². The molecule has 7 heteroatoms. The number of unbranched alkanes of at least 4 members (excludes halogenated alkanes) is 3. The highest BCUT2D eigenvalue weighted by Gasteiger charge is 2.18. The van der Waals surface area contributed by atoms with E-state index >= 15 is 0 Å². The fraction of sp³-hybridized carbons (Fsp3) is 0.522. The number of rotatable bonds is 12. The zero-order valence-electron chi connectivity index (χ0n) is 18.0. The molecule has 0 saturated heterocycles. The third-order valence-electron chi connectivity index (χ3n) is 5.04. The van der Waals surface area contributed by atoms with Crippen molar-refractivity contribution in [3.05, 3.63) is 39.7 Å². The molecule has 1 amide bonds. The van der Waals surface area contributed by atoms with Crippen molar-refractivity contribution < 1.29 is 23.8 Å². The Bertz CT molecular complexity index is 933. The molecule has 0 bridgehead atoms. The van der Waals surface area contributed by atoms with Gasteiger partial charge in [-0.05, 0) is 57.2 Å². The number of hydrogen-bond acceptors (Lipinski definition) is 5. The van der Waals surface area contributed by atoms with Gasteiger partial charge in [0.1, 0.15) is 11.3 Å². The van der Waals surface area contributed by atoms with Crippen LogP contribution in [0.1, 0.15) is 63.5 Å². The predicted octanol–water partition coefficient (Wildman–Crippen LogP) is 3.97. The van der Waals surface area contributed by atoms with Gasteiger partial charge in [-0.2, -0.15) is 0 Å². The van der Waals surface area contributed by atoms with Gasteiger partial charge in [0, 0.05) is 30.0 Å². The molecule has 1 heterocycles. The highest BCUT2D eigenvalue weighted by atomic mass is 16.5. The van der Waals surface area contributed by atoms with Crippen LogP contribution in [0.4, 0.5) is 0 Å². The Kier molecular flexibility index (Phi) is 8.89. The Hall–Kier alpha value is -2.83. The molecule has 2 aromatic rings. The van der Waals surface area contributed by atoms with Crippen molar-refractivity contribution in [2.24, 2.45) is 0 Å². The lowest BCUT2D eigenvalue weighted by Crippen LogP contribution is -2.36. The zero-order valence-corrected chi connectivity index (χ0v) is 18.0. The van der Waals surface area contributed by atoms with Gasteiger partial charge in [0.2, 0.25) is 0 Å². The van der Waals surface area contributed by atoms with Gasteiger partial charge in [-0.3, -0.25) is 9.59 Å². The first-order valence-corrected chi connectivity index (χ1v) is 10.6. The van der Waals surface area contributed by atoms with Gasteiger partial charge in [-0.15, -0.1) is 0 Å². The molecule has 2 rings (SSSR count). The van der Waals surface area contributed by atoms with Crippen molar-refractivity contribution in [1.82, 2.24) is 5.32 Å². The third-order valence-corrected chi connectivity index (χ3v) is 5.04. The summed E-state index contributed by atoms with van der Waals surface area (Å²) < 4.78 is 11.3. The lowest BCUT2D eigenvalue weighted by atomic mass is 10.0. The van der Waals surface area contributed by atoms with Crippen molar-refractivity contribution in [3.8, 4) is 5.75 Å². The number of amides is 1. The maximum Gasteiger partial charge on any atom is 0.336 e. The smallest absolute Gasteiger partial charge is 0.336 e. The zero-order chi connectivity index (χ0) is 22.1. The minimum atomic E-state index is -0.805. The van der Waals surface area contributed by atoms with Crippen LogP contribution in [0.3, 0.4) is 0 Å². The summed E-state index contributed by atoms with van der Waals surface area (Å²) in [5.41, 5.74) is 1.77. The second-order valence-corrected chi connectivity index (χ2v) is 7.52. The van der Waals surface area contributed by atoms with Crippen LogP contribution < -0.4 is 15.7 Å². The summed E-state index contributed by atoms with van der Waals surface area (Å²) in [5, 5.41) is 12.3. The van der Waals surface area contributed by atoms with E-state index in [4.69, 9.17) is 14.3 Å². The molecule has 0 aliphatic heterocycles. The van der Waals surface area contributed by atoms with Gasteiger partial charge in [-0.25, -0.2) is 4.79 Å². The third kappa shape index (κ3) is 6.61. The van der Waals surface area contributed by atoms with Gasteiger partial charge in [-0.1, -0.05) is 19.8 Å². The van der Waals surface area contributed by atoms with E-state index in [2.05, 4.69) is 12.2 Å². The molecule has 1 aromatic carbocycles. The average molecular weight is 418 g/mol. The first-order chi connectivity index (χ1) is 14.3. The van der Waals surface area contributed by atoms with Gasteiger partial charge < -0.3 is 19.6 Å². The van der Waals surface area contributed by atoms with Gasteiger partial charge in [0.15, 0.2) is 6.10 Å². The lowest BCUT2D eigenvalue weighted by molar-refractivity contribution is -0.137. The standard InChI is InChI=1S/C23H31NO6/c1-4-5-9-17-14-21(27)30-22-15(2)19(12-11-18(17)22)29-16(3)23(28)24-13-8-6-7-10-20(25)26/h11-12,14,16H,4-10,13H2,1-3H3,(H,24,28)(H,25,26)/t16-/m0/s1. The molecule has 0 aliphatic rings. The summed E-state index contributed by atoms with van der Waals surface area (Å²) in [6.07, 6.45) is 4.32. The van der Waals surface area contributed by atoms with Gasteiger partial charge in [0.25, 0.3) is 5.91 Å². The number of nitrogens with one attached hydrogen (secondary N) is 1. The first-order valence-electron chi connectivity index (χ1n) is 10.6. The molecule has 0 unspecified atom stereocenters.